The average molecular weight is 570 g/mol. The molecule has 0 aliphatic heterocycles. The van der Waals surface area contributed by atoms with Gasteiger partial charge in [0.2, 0.25) is 5.91 Å². The van der Waals surface area contributed by atoms with Gasteiger partial charge in [0.25, 0.3) is 0 Å². The van der Waals surface area contributed by atoms with E-state index in [9.17, 15) is 10.1 Å². The summed E-state index contributed by atoms with van der Waals surface area (Å²) in [5, 5.41) is 23.1. The first-order valence-electron chi connectivity index (χ1n) is 12.5. The Morgan fingerprint density at radius 1 is 1.42 bits per heavy atom. The Kier molecular flexibility index (Phi) is 8.86. The van der Waals surface area contributed by atoms with E-state index in [-0.39, 0.29) is 23.7 Å². The van der Waals surface area contributed by atoms with E-state index >= 15 is 0 Å². The van der Waals surface area contributed by atoms with Crippen molar-refractivity contribution in [3.8, 4) is 11.8 Å². The molecule has 200 valence electrons. The van der Waals surface area contributed by atoms with Crippen molar-refractivity contribution in [1.29, 1.82) is 5.26 Å². The molecule has 38 heavy (non-hydrogen) atoms. The smallest absolute Gasteiger partial charge is 0.235 e. The summed E-state index contributed by atoms with van der Waals surface area (Å²) in [5.41, 5.74) is 2.97. The minimum absolute atomic E-state index is 0.137. The van der Waals surface area contributed by atoms with Crippen LogP contribution in [0.1, 0.15) is 54.6 Å². The van der Waals surface area contributed by atoms with Gasteiger partial charge >= 0.3 is 0 Å². The number of allylic oxidation sites excluding steroid dienone is 1. The van der Waals surface area contributed by atoms with Gasteiger partial charge in [0.15, 0.2) is 11.0 Å². The SMILES string of the molecule is C=CCn1c(COc2cc(C)ccc2Cl)nnc1SCC(=O)Nc1sc2c(c1C#N)CCC(C(C)(C)C)C2. The van der Waals surface area contributed by atoms with Crippen LogP contribution in [-0.4, -0.2) is 26.4 Å². The number of ether oxygens (including phenoxy) is 1. The summed E-state index contributed by atoms with van der Waals surface area (Å²) in [4.78, 5) is 14.1. The third-order valence-corrected chi connectivity index (χ3v) is 9.18. The topological polar surface area (TPSA) is 92.8 Å². The van der Waals surface area contributed by atoms with Gasteiger partial charge in [-0.25, -0.2) is 0 Å². The molecule has 3 aromatic rings. The van der Waals surface area contributed by atoms with Crippen LogP contribution < -0.4 is 10.1 Å². The van der Waals surface area contributed by atoms with Crippen LogP contribution in [0.5, 0.6) is 5.75 Å². The van der Waals surface area contributed by atoms with E-state index in [1.807, 2.05) is 23.6 Å². The van der Waals surface area contributed by atoms with Gasteiger partial charge in [-0.05, 0) is 60.8 Å². The molecular formula is C28H32ClN5O2S2. The Morgan fingerprint density at radius 3 is 2.92 bits per heavy atom. The van der Waals surface area contributed by atoms with Crippen molar-refractivity contribution in [2.24, 2.45) is 11.3 Å². The van der Waals surface area contributed by atoms with Crippen molar-refractivity contribution < 1.29 is 9.53 Å². The molecule has 1 atom stereocenters. The number of nitriles is 1. The average Bonchev–Trinajstić information content (AvgIpc) is 3.42. The van der Waals surface area contributed by atoms with Gasteiger partial charge in [-0.3, -0.25) is 9.36 Å². The number of anilines is 1. The van der Waals surface area contributed by atoms with Crippen molar-refractivity contribution in [3.05, 3.63) is 63.3 Å². The van der Waals surface area contributed by atoms with Crippen molar-refractivity contribution in [2.75, 3.05) is 11.1 Å². The van der Waals surface area contributed by atoms with Gasteiger partial charge in [-0.2, -0.15) is 5.26 Å². The van der Waals surface area contributed by atoms with Crippen molar-refractivity contribution in [3.63, 3.8) is 0 Å². The standard InChI is InChI=1S/C28H32ClN5O2S2/c1-6-11-34-24(15-36-22-12-17(2)7-10-21(22)29)32-33-27(34)37-16-25(35)31-26-20(14-30)19-9-8-18(28(3,4)5)13-23(19)38-26/h6-7,10,12,18H,1,8-9,11,13,15-16H2,2-5H3,(H,31,35). The quantitative estimate of drug-likeness (QED) is 0.224. The van der Waals surface area contributed by atoms with Gasteiger partial charge in [-0.1, -0.05) is 56.3 Å². The number of rotatable bonds is 9. The van der Waals surface area contributed by atoms with Crippen LogP contribution >= 0.6 is 34.7 Å². The summed E-state index contributed by atoms with van der Waals surface area (Å²) in [5.74, 6) is 1.70. The summed E-state index contributed by atoms with van der Waals surface area (Å²) in [6, 6.07) is 7.92. The lowest BCUT2D eigenvalue weighted by atomic mass is 9.72. The summed E-state index contributed by atoms with van der Waals surface area (Å²) >= 11 is 9.07. The van der Waals surface area contributed by atoms with Gasteiger partial charge in [-0.15, -0.1) is 28.1 Å². The van der Waals surface area contributed by atoms with E-state index in [1.54, 1.807) is 23.5 Å². The molecule has 1 aliphatic rings. The van der Waals surface area contributed by atoms with E-state index in [0.717, 1.165) is 30.4 Å². The number of thioether (sulfide) groups is 1. The molecule has 0 fully saturated rings. The molecule has 2 aromatic heterocycles. The third kappa shape index (κ3) is 6.42. The van der Waals surface area contributed by atoms with E-state index in [4.69, 9.17) is 16.3 Å². The molecule has 7 nitrogen and oxygen atoms in total. The molecule has 1 unspecified atom stereocenters. The maximum absolute atomic E-state index is 12.9. The number of nitrogens with one attached hydrogen (secondary N) is 1. The largest absolute Gasteiger partial charge is 0.484 e. The number of halogens is 1. The first-order valence-corrected chi connectivity index (χ1v) is 14.7. The molecule has 0 saturated carbocycles. The highest BCUT2D eigenvalue weighted by Gasteiger charge is 2.32. The van der Waals surface area contributed by atoms with Crippen molar-refractivity contribution >= 4 is 45.6 Å². The molecule has 1 N–H and O–H groups in total. The predicted octanol–water partition coefficient (Wildman–Crippen LogP) is 6.82. The number of aromatic nitrogens is 3. The number of aryl methyl sites for hydroxylation is 1. The predicted molar refractivity (Wildman–Crippen MR) is 154 cm³/mol. The molecular weight excluding hydrogens is 538 g/mol. The fraction of sp³-hybridized carbons (Fsp3) is 0.429. The van der Waals surface area contributed by atoms with Crippen LogP contribution in [0.4, 0.5) is 5.00 Å². The molecule has 2 heterocycles. The van der Waals surface area contributed by atoms with Gasteiger partial charge in [0, 0.05) is 11.4 Å². The van der Waals surface area contributed by atoms with Crippen LogP contribution in [0, 0.1) is 29.6 Å². The maximum atomic E-state index is 12.9. The summed E-state index contributed by atoms with van der Waals surface area (Å²) in [6.45, 7) is 13.2. The summed E-state index contributed by atoms with van der Waals surface area (Å²) < 4.78 is 7.76. The molecule has 0 spiro atoms. The number of amides is 1. The number of carbonyl (C=O) groups is 1. The second-order valence-electron chi connectivity index (χ2n) is 10.5. The summed E-state index contributed by atoms with van der Waals surface area (Å²) in [6.07, 6.45) is 4.64. The molecule has 1 aromatic carbocycles. The van der Waals surface area contributed by atoms with Crippen LogP contribution in [-0.2, 0) is 30.8 Å². The second-order valence-corrected chi connectivity index (χ2v) is 12.9. The first kappa shape index (κ1) is 28.2. The minimum atomic E-state index is -0.185. The zero-order chi connectivity index (χ0) is 27.4. The molecule has 0 radical (unpaired) electrons. The van der Waals surface area contributed by atoms with Crippen LogP contribution in [0.25, 0.3) is 0 Å². The first-order chi connectivity index (χ1) is 18.1. The lowest BCUT2D eigenvalue weighted by Gasteiger charge is -2.33. The second kappa shape index (κ2) is 11.9. The molecule has 0 bridgehead atoms. The maximum Gasteiger partial charge on any atom is 0.235 e. The molecule has 10 heteroatoms. The fourth-order valence-electron chi connectivity index (χ4n) is 4.53. The Bertz CT molecular complexity index is 1380. The van der Waals surface area contributed by atoms with Gasteiger partial charge in [0.1, 0.15) is 23.4 Å². The van der Waals surface area contributed by atoms with Crippen molar-refractivity contribution in [2.45, 2.75) is 65.3 Å². The number of thiophene rings is 1. The number of fused-ring (bicyclic) bond motifs is 1. The van der Waals surface area contributed by atoms with E-state index in [0.29, 0.717) is 44.8 Å². The number of benzene rings is 1. The number of hydrogen-bond acceptors (Lipinski definition) is 7. The van der Waals surface area contributed by atoms with Crippen molar-refractivity contribution in [1.82, 2.24) is 14.8 Å². The van der Waals surface area contributed by atoms with E-state index in [2.05, 4.69) is 48.9 Å². The van der Waals surface area contributed by atoms with Gasteiger partial charge in [0.05, 0.1) is 16.3 Å². The lowest BCUT2D eigenvalue weighted by Crippen LogP contribution is -2.26. The Labute approximate surface area is 237 Å². The van der Waals surface area contributed by atoms with Crippen LogP contribution in [0.2, 0.25) is 5.02 Å². The minimum Gasteiger partial charge on any atom is -0.484 e. The third-order valence-electron chi connectivity index (χ3n) is 6.74. The highest BCUT2D eigenvalue weighted by molar-refractivity contribution is 7.99. The Morgan fingerprint density at radius 2 is 2.21 bits per heavy atom. The zero-order valence-electron chi connectivity index (χ0n) is 22.1. The van der Waals surface area contributed by atoms with Gasteiger partial charge < -0.3 is 10.1 Å². The molecule has 1 aliphatic carbocycles. The summed E-state index contributed by atoms with van der Waals surface area (Å²) in [7, 11) is 0. The highest BCUT2D eigenvalue weighted by atomic mass is 35.5. The normalized spacial score (nSPS) is 15.0. The number of nitrogens with zero attached hydrogens (tertiary/aromatic N) is 4. The number of hydrogen-bond donors (Lipinski definition) is 1. The Balaban J connectivity index is 1.41. The van der Waals surface area contributed by atoms with Crippen LogP contribution in [0.3, 0.4) is 0 Å². The zero-order valence-corrected chi connectivity index (χ0v) is 24.5. The highest BCUT2D eigenvalue weighted by Crippen LogP contribution is 2.44. The molecule has 1 amide bonds. The van der Waals surface area contributed by atoms with E-state index in [1.165, 1.54) is 16.6 Å². The van der Waals surface area contributed by atoms with E-state index < -0.39 is 0 Å². The fourth-order valence-corrected chi connectivity index (χ4v) is 6.77. The molecule has 0 saturated heterocycles. The monoisotopic (exact) mass is 569 g/mol. The van der Waals surface area contributed by atoms with Crippen LogP contribution in [0.15, 0.2) is 36.0 Å². The Hall–Kier alpha value is -2.80. The number of carbonyl (C=O) groups excluding carboxylic acids is 1. The molecule has 4 rings (SSSR count). The lowest BCUT2D eigenvalue weighted by molar-refractivity contribution is -0.113.